The molecule has 0 atom stereocenters. The first-order valence-corrected chi connectivity index (χ1v) is 11.7. The zero-order valence-electron chi connectivity index (χ0n) is 19.7. The van der Waals surface area contributed by atoms with Crippen LogP contribution in [0.2, 0.25) is 0 Å². The van der Waals surface area contributed by atoms with Crippen LogP contribution in [-0.4, -0.2) is 9.55 Å². The zero-order chi connectivity index (χ0) is 23.9. The van der Waals surface area contributed by atoms with Crippen molar-refractivity contribution in [3.63, 3.8) is 0 Å². The molecule has 0 N–H and O–H groups in total. The van der Waals surface area contributed by atoms with Crippen LogP contribution < -0.4 is 0 Å². The Hall–Kier alpha value is -4.68. The van der Waals surface area contributed by atoms with Crippen LogP contribution in [0.3, 0.4) is 0 Å². The lowest BCUT2D eigenvalue weighted by molar-refractivity contribution is 1.15. The van der Waals surface area contributed by atoms with Crippen molar-refractivity contribution in [2.75, 3.05) is 0 Å². The van der Waals surface area contributed by atoms with Gasteiger partial charge in [0.15, 0.2) is 0 Å². The standard InChI is InChI=1S/C32H23N3/c1-21-7-3-4-8-26(21)24-11-12-28-27-9-5-6-10-30(27)35(32(28)18-24)31-19-25(20-33)29(17-22(31)2)23-13-15-34-16-14-23/h3-19H,1-2H3. The van der Waals surface area contributed by atoms with Gasteiger partial charge in [0, 0.05) is 23.2 Å². The first-order chi connectivity index (χ1) is 17.2. The van der Waals surface area contributed by atoms with E-state index in [1.54, 1.807) is 12.4 Å². The van der Waals surface area contributed by atoms with E-state index in [4.69, 9.17) is 0 Å². The molecular formula is C32H23N3. The van der Waals surface area contributed by atoms with Crippen LogP contribution in [0.15, 0.2) is 103 Å². The molecule has 0 fully saturated rings. The lowest BCUT2D eigenvalue weighted by Gasteiger charge is -2.15. The van der Waals surface area contributed by atoms with E-state index >= 15 is 0 Å². The number of hydrogen-bond donors (Lipinski definition) is 0. The topological polar surface area (TPSA) is 41.6 Å². The van der Waals surface area contributed by atoms with E-state index in [0.29, 0.717) is 5.56 Å². The number of para-hydroxylation sites is 1. The largest absolute Gasteiger partial charge is 0.309 e. The SMILES string of the molecule is Cc1ccccc1-c1ccc2c3ccccc3n(-c3cc(C#N)c(-c4ccncc4)cc3C)c2c1. The molecule has 0 aliphatic heterocycles. The summed E-state index contributed by atoms with van der Waals surface area (Å²) in [7, 11) is 0. The molecule has 4 aromatic carbocycles. The highest BCUT2D eigenvalue weighted by molar-refractivity contribution is 6.10. The highest BCUT2D eigenvalue weighted by Crippen LogP contribution is 2.37. The Labute approximate surface area is 204 Å². The summed E-state index contributed by atoms with van der Waals surface area (Å²) < 4.78 is 2.30. The average Bonchev–Trinajstić information content (AvgIpc) is 3.23. The quantitative estimate of drug-likeness (QED) is 0.275. The molecule has 2 aromatic heterocycles. The molecule has 6 rings (SSSR count). The smallest absolute Gasteiger partial charge is 0.0998 e. The van der Waals surface area contributed by atoms with Gasteiger partial charge in [0.05, 0.1) is 28.4 Å². The van der Waals surface area contributed by atoms with Gasteiger partial charge in [-0.3, -0.25) is 4.98 Å². The van der Waals surface area contributed by atoms with E-state index in [1.807, 2.05) is 18.2 Å². The molecule has 2 heterocycles. The summed E-state index contributed by atoms with van der Waals surface area (Å²) in [6, 6.07) is 34.2. The first-order valence-electron chi connectivity index (χ1n) is 11.7. The summed E-state index contributed by atoms with van der Waals surface area (Å²) in [5.41, 5.74) is 10.6. The highest BCUT2D eigenvalue weighted by atomic mass is 15.0. The summed E-state index contributed by atoms with van der Waals surface area (Å²) in [4.78, 5) is 4.13. The summed E-state index contributed by atoms with van der Waals surface area (Å²) in [6.45, 7) is 4.27. The molecule has 6 aromatic rings. The van der Waals surface area contributed by atoms with E-state index in [1.165, 1.54) is 27.5 Å². The summed E-state index contributed by atoms with van der Waals surface area (Å²) >= 11 is 0. The molecule has 0 aliphatic carbocycles. The van der Waals surface area contributed by atoms with E-state index in [-0.39, 0.29) is 0 Å². The van der Waals surface area contributed by atoms with Crippen LogP contribution in [0.25, 0.3) is 49.7 Å². The highest BCUT2D eigenvalue weighted by Gasteiger charge is 2.17. The maximum absolute atomic E-state index is 10.1. The van der Waals surface area contributed by atoms with Crippen molar-refractivity contribution in [3.05, 3.63) is 120 Å². The predicted molar refractivity (Wildman–Crippen MR) is 144 cm³/mol. The fourth-order valence-corrected chi connectivity index (χ4v) is 5.09. The van der Waals surface area contributed by atoms with Gasteiger partial charge in [0.25, 0.3) is 0 Å². The maximum atomic E-state index is 10.1. The van der Waals surface area contributed by atoms with E-state index in [0.717, 1.165) is 33.4 Å². The molecule has 0 saturated carbocycles. The third-order valence-electron chi connectivity index (χ3n) is 6.82. The summed E-state index contributed by atoms with van der Waals surface area (Å²) in [5, 5.41) is 12.5. The van der Waals surface area contributed by atoms with Crippen LogP contribution in [-0.2, 0) is 0 Å². The molecule has 35 heavy (non-hydrogen) atoms. The molecule has 0 saturated heterocycles. The minimum absolute atomic E-state index is 0.651. The lowest BCUT2D eigenvalue weighted by Crippen LogP contribution is -2.00. The summed E-state index contributed by atoms with van der Waals surface area (Å²) in [6.07, 6.45) is 3.53. The number of hydrogen-bond acceptors (Lipinski definition) is 2. The third-order valence-corrected chi connectivity index (χ3v) is 6.82. The molecule has 0 amide bonds. The second-order valence-corrected chi connectivity index (χ2v) is 8.93. The fourth-order valence-electron chi connectivity index (χ4n) is 5.09. The van der Waals surface area contributed by atoms with Crippen molar-refractivity contribution in [1.29, 1.82) is 5.26 Å². The molecule has 3 heteroatoms. The lowest BCUT2D eigenvalue weighted by atomic mass is 9.97. The first kappa shape index (κ1) is 20.9. The monoisotopic (exact) mass is 449 g/mol. The Bertz CT molecular complexity index is 1770. The Morgan fingerprint density at radius 3 is 2.20 bits per heavy atom. The van der Waals surface area contributed by atoms with E-state index < -0.39 is 0 Å². The number of nitriles is 1. The number of aryl methyl sites for hydroxylation is 2. The van der Waals surface area contributed by atoms with Crippen LogP contribution in [0.4, 0.5) is 0 Å². The van der Waals surface area contributed by atoms with Crippen molar-refractivity contribution in [1.82, 2.24) is 9.55 Å². The normalized spacial score (nSPS) is 11.1. The van der Waals surface area contributed by atoms with Gasteiger partial charge in [0.1, 0.15) is 0 Å². The number of pyridine rings is 1. The molecule has 0 spiro atoms. The van der Waals surface area contributed by atoms with E-state index in [2.05, 4.69) is 102 Å². The zero-order valence-corrected chi connectivity index (χ0v) is 19.7. The second kappa shape index (κ2) is 8.27. The van der Waals surface area contributed by atoms with Crippen molar-refractivity contribution in [2.45, 2.75) is 13.8 Å². The molecule has 0 aliphatic rings. The molecular weight excluding hydrogens is 426 g/mol. The van der Waals surface area contributed by atoms with Gasteiger partial charge >= 0.3 is 0 Å². The minimum atomic E-state index is 0.651. The van der Waals surface area contributed by atoms with Gasteiger partial charge in [0.2, 0.25) is 0 Å². The van der Waals surface area contributed by atoms with Crippen LogP contribution in [0.1, 0.15) is 16.7 Å². The van der Waals surface area contributed by atoms with Crippen LogP contribution >= 0.6 is 0 Å². The Kier molecular flexibility index (Phi) is 4.94. The predicted octanol–water partition coefficient (Wildman–Crippen LogP) is 8.00. The summed E-state index contributed by atoms with van der Waals surface area (Å²) in [5.74, 6) is 0. The number of rotatable bonds is 3. The number of fused-ring (bicyclic) bond motifs is 3. The van der Waals surface area contributed by atoms with Crippen molar-refractivity contribution < 1.29 is 0 Å². The van der Waals surface area contributed by atoms with Gasteiger partial charge in [-0.25, -0.2) is 0 Å². The van der Waals surface area contributed by atoms with Crippen molar-refractivity contribution in [2.24, 2.45) is 0 Å². The van der Waals surface area contributed by atoms with Gasteiger partial charge in [-0.1, -0.05) is 54.6 Å². The number of nitrogens with zero attached hydrogens (tertiary/aromatic N) is 3. The third kappa shape index (κ3) is 3.39. The van der Waals surface area contributed by atoms with Gasteiger partial charge in [-0.15, -0.1) is 0 Å². The number of aromatic nitrogens is 2. The fraction of sp³-hybridized carbons (Fsp3) is 0.0625. The van der Waals surface area contributed by atoms with E-state index in [9.17, 15) is 5.26 Å². The van der Waals surface area contributed by atoms with Gasteiger partial charge in [-0.05, 0) is 83.6 Å². The van der Waals surface area contributed by atoms with Crippen molar-refractivity contribution in [3.8, 4) is 34.0 Å². The van der Waals surface area contributed by atoms with Crippen molar-refractivity contribution >= 4 is 21.8 Å². The minimum Gasteiger partial charge on any atom is -0.309 e. The number of benzene rings is 4. The molecule has 3 nitrogen and oxygen atoms in total. The van der Waals surface area contributed by atoms with Crippen LogP contribution in [0.5, 0.6) is 0 Å². The molecule has 0 unspecified atom stereocenters. The van der Waals surface area contributed by atoms with Gasteiger partial charge < -0.3 is 4.57 Å². The Morgan fingerprint density at radius 2 is 1.40 bits per heavy atom. The van der Waals surface area contributed by atoms with Gasteiger partial charge in [-0.2, -0.15) is 5.26 Å². The molecule has 166 valence electrons. The molecule has 0 bridgehead atoms. The van der Waals surface area contributed by atoms with Crippen LogP contribution in [0, 0.1) is 25.2 Å². The Morgan fingerprint density at radius 1 is 0.657 bits per heavy atom. The maximum Gasteiger partial charge on any atom is 0.0998 e. The average molecular weight is 450 g/mol. The Balaban J connectivity index is 1.66. The second-order valence-electron chi connectivity index (χ2n) is 8.93. The molecule has 0 radical (unpaired) electrons.